The second kappa shape index (κ2) is 8.53. The van der Waals surface area contributed by atoms with Crippen molar-refractivity contribution in [1.29, 1.82) is 0 Å². The van der Waals surface area contributed by atoms with E-state index < -0.39 is 43.1 Å². The first-order valence-corrected chi connectivity index (χ1v) is 10.3. The van der Waals surface area contributed by atoms with Crippen molar-refractivity contribution in [1.82, 2.24) is 0 Å². The van der Waals surface area contributed by atoms with E-state index in [0.29, 0.717) is 25.7 Å². The van der Waals surface area contributed by atoms with Gasteiger partial charge in [0.2, 0.25) is 0 Å². The summed E-state index contributed by atoms with van der Waals surface area (Å²) in [5.41, 5.74) is -0.379. The summed E-state index contributed by atoms with van der Waals surface area (Å²) in [6.45, 7) is 0. The van der Waals surface area contributed by atoms with Crippen molar-refractivity contribution >= 4 is 27.2 Å². The summed E-state index contributed by atoms with van der Waals surface area (Å²) in [5, 5.41) is 26.2. The molecule has 0 aromatic heterocycles. The molecule has 0 aliphatic heterocycles. The Labute approximate surface area is 170 Å². The highest BCUT2D eigenvalue weighted by atomic mass is 32.2. The molecule has 2 aromatic carbocycles. The molecule has 0 saturated heterocycles. The zero-order valence-corrected chi connectivity index (χ0v) is 16.2. The number of benzene rings is 2. The molecule has 1 saturated carbocycles. The van der Waals surface area contributed by atoms with Crippen molar-refractivity contribution in [2.24, 2.45) is 5.16 Å². The maximum Gasteiger partial charge on any atom is 0.358 e. The van der Waals surface area contributed by atoms with E-state index in [9.17, 15) is 33.0 Å². The zero-order valence-electron chi connectivity index (χ0n) is 15.4. The second-order valence-electron chi connectivity index (χ2n) is 6.62. The molecule has 1 aliphatic carbocycles. The fourth-order valence-corrected chi connectivity index (χ4v) is 4.03. The van der Waals surface area contributed by atoms with Gasteiger partial charge in [-0.3, -0.25) is 24.5 Å². The summed E-state index contributed by atoms with van der Waals surface area (Å²) >= 11 is 0. The monoisotopic (exact) mass is 437 g/mol. The summed E-state index contributed by atoms with van der Waals surface area (Å²) in [4.78, 5) is 20.7. The lowest BCUT2D eigenvalue weighted by atomic mass is 9.81. The molecule has 0 radical (unpaired) electrons. The Balaban J connectivity index is 1.94. The smallest absolute Gasteiger partial charge is 0.265 e. The molecule has 0 amide bonds. The van der Waals surface area contributed by atoms with Gasteiger partial charge in [-0.15, -0.1) is 0 Å². The number of nitrogens with zero attached hydrogens (tertiary/aromatic N) is 3. The maximum absolute atomic E-state index is 13.0. The van der Waals surface area contributed by atoms with Gasteiger partial charge in [-0.05, 0) is 49.6 Å². The molecule has 158 valence electrons. The number of non-ortho nitro benzene ring substituents is 1. The van der Waals surface area contributed by atoms with Gasteiger partial charge in [0.1, 0.15) is 10.7 Å². The first kappa shape index (κ1) is 21.3. The van der Waals surface area contributed by atoms with Crippen molar-refractivity contribution in [3.63, 3.8) is 0 Å². The maximum atomic E-state index is 13.0. The number of halogens is 1. The molecule has 30 heavy (non-hydrogen) atoms. The Hall–Kier alpha value is -3.41. The second-order valence-corrected chi connectivity index (χ2v) is 8.15. The molecule has 1 fully saturated rings. The molecule has 1 unspecified atom stereocenters. The predicted octanol–water partition coefficient (Wildman–Crippen LogP) is 4.06. The molecule has 0 bridgehead atoms. The molecule has 12 heteroatoms. The zero-order chi connectivity index (χ0) is 21.9. The minimum Gasteiger partial charge on any atom is -0.265 e. The Morgan fingerprint density at radius 1 is 1.03 bits per heavy atom. The lowest BCUT2D eigenvalue weighted by molar-refractivity contribution is -0.394. The van der Waals surface area contributed by atoms with E-state index >= 15 is 0 Å². The highest BCUT2D eigenvalue weighted by Crippen LogP contribution is 2.38. The number of hydrogen-bond acceptors (Lipinski definition) is 8. The quantitative estimate of drug-likeness (QED) is 0.490. The normalized spacial score (nSPS) is 18.2. The van der Waals surface area contributed by atoms with E-state index in [1.54, 1.807) is 0 Å². The van der Waals surface area contributed by atoms with Crippen LogP contribution in [0.4, 0.5) is 15.8 Å². The molecular formula is C18H16FN3O7S. The van der Waals surface area contributed by atoms with Gasteiger partial charge in [0.25, 0.3) is 11.4 Å². The van der Waals surface area contributed by atoms with Gasteiger partial charge in [0, 0.05) is 17.5 Å². The van der Waals surface area contributed by atoms with Gasteiger partial charge in [0.15, 0.2) is 0 Å². The van der Waals surface area contributed by atoms with Crippen molar-refractivity contribution in [2.75, 3.05) is 0 Å². The SMILES string of the molecule is O=[N+]([O-])c1ccc(C2CCCC/C2=N\OS(=O)(=O)c2ccc(F)cc2)c([N+](=O)[O-])c1. The number of hydrogen-bond donors (Lipinski definition) is 0. The lowest BCUT2D eigenvalue weighted by Crippen LogP contribution is -2.20. The van der Waals surface area contributed by atoms with Crippen LogP contribution in [0.5, 0.6) is 0 Å². The first-order chi connectivity index (χ1) is 14.2. The van der Waals surface area contributed by atoms with Crippen LogP contribution >= 0.6 is 0 Å². The fourth-order valence-electron chi connectivity index (χ4n) is 3.28. The van der Waals surface area contributed by atoms with Crippen LogP contribution in [0.3, 0.4) is 0 Å². The third kappa shape index (κ3) is 4.59. The van der Waals surface area contributed by atoms with Crippen molar-refractivity contribution < 1.29 is 26.9 Å². The van der Waals surface area contributed by atoms with Gasteiger partial charge in [-0.1, -0.05) is 11.6 Å². The number of rotatable bonds is 6. The molecular weight excluding hydrogens is 421 g/mol. The van der Waals surface area contributed by atoms with E-state index in [1.807, 2.05) is 0 Å². The molecule has 1 aliphatic rings. The van der Waals surface area contributed by atoms with Crippen LogP contribution in [0.2, 0.25) is 0 Å². The highest BCUT2D eigenvalue weighted by Gasteiger charge is 2.31. The van der Waals surface area contributed by atoms with E-state index in [-0.39, 0.29) is 16.2 Å². The van der Waals surface area contributed by atoms with Crippen LogP contribution in [0, 0.1) is 26.0 Å². The van der Waals surface area contributed by atoms with Gasteiger partial charge in [-0.25, -0.2) is 4.39 Å². The predicted molar refractivity (Wildman–Crippen MR) is 103 cm³/mol. The standard InChI is InChI=1S/C18H16FN3O7S/c19-12-5-8-14(9-6-12)30(27,28)29-20-17-4-2-1-3-15(17)16-10-7-13(21(23)24)11-18(16)22(25)26/h5-11,15H,1-4H2/b20-17+. The van der Waals surface area contributed by atoms with Gasteiger partial charge >= 0.3 is 10.1 Å². The average molecular weight is 437 g/mol. The summed E-state index contributed by atoms with van der Waals surface area (Å²) in [5.74, 6) is -1.23. The average Bonchev–Trinajstić information content (AvgIpc) is 2.72. The summed E-state index contributed by atoms with van der Waals surface area (Å²) in [7, 11) is -4.30. The fraction of sp³-hybridized carbons (Fsp3) is 0.278. The van der Waals surface area contributed by atoms with Crippen LogP contribution < -0.4 is 0 Å². The van der Waals surface area contributed by atoms with Crippen LogP contribution in [-0.2, 0) is 14.4 Å². The Bertz CT molecular complexity index is 1120. The Morgan fingerprint density at radius 2 is 1.73 bits per heavy atom. The number of oxime groups is 1. The van der Waals surface area contributed by atoms with Crippen molar-refractivity contribution in [3.05, 3.63) is 74.1 Å². The van der Waals surface area contributed by atoms with E-state index in [4.69, 9.17) is 4.28 Å². The van der Waals surface area contributed by atoms with Gasteiger partial charge in [-0.2, -0.15) is 8.42 Å². The summed E-state index contributed by atoms with van der Waals surface area (Å²) < 4.78 is 42.4. The van der Waals surface area contributed by atoms with Crippen LogP contribution in [0.1, 0.15) is 37.2 Å². The molecule has 2 aromatic rings. The van der Waals surface area contributed by atoms with Crippen molar-refractivity contribution in [2.45, 2.75) is 36.5 Å². The Kier molecular flexibility index (Phi) is 6.06. The van der Waals surface area contributed by atoms with Crippen molar-refractivity contribution in [3.8, 4) is 0 Å². The molecule has 0 N–H and O–H groups in total. The first-order valence-electron chi connectivity index (χ1n) is 8.88. The summed E-state index contributed by atoms with van der Waals surface area (Å²) in [6, 6.07) is 7.31. The minimum atomic E-state index is -4.30. The molecule has 10 nitrogen and oxygen atoms in total. The van der Waals surface area contributed by atoms with Crippen LogP contribution in [0.15, 0.2) is 52.5 Å². The third-order valence-corrected chi connectivity index (χ3v) is 5.85. The van der Waals surface area contributed by atoms with Gasteiger partial charge in [0.05, 0.1) is 21.6 Å². The molecule has 0 heterocycles. The molecule has 3 rings (SSSR count). The highest BCUT2D eigenvalue weighted by molar-refractivity contribution is 7.86. The Morgan fingerprint density at radius 3 is 2.37 bits per heavy atom. The molecule has 0 spiro atoms. The van der Waals surface area contributed by atoms with E-state index in [0.717, 1.165) is 36.4 Å². The van der Waals surface area contributed by atoms with E-state index in [1.165, 1.54) is 6.07 Å². The number of nitro groups is 2. The number of nitro benzene ring substituents is 2. The largest absolute Gasteiger partial charge is 0.358 e. The van der Waals surface area contributed by atoms with Crippen LogP contribution in [-0.4, -0.2) is 24.0 Å². The van der Waals surface area contributed by atoms with Gasteiger partial charge < -0.3 is 0 Å². The summed E-state index contributed by atoms with van der Waals surface area (Å²) in [6.07, 6.45) is 2.17. The topological polar surface area (TPSA) is 142 Å². The molecule has 1 atom stereocenters. The lowest BCUT2D eigenvalue weighted by Gasteiger charge is -2.23. The van der Waals surface area contributed by atoms with Crippen LogP contribution in [0.25, 0.3) is 0 Å². The minimum absolute atomic E-state index is 0.201. The van der Waals surface area contributed by atoms with E-state index in [2.05, 4.69) is 5.16 Å². The third-order valence-electron chi connectivity index (χ3n) is 4.73.